The largest absolute Gasteiger partial charge is 0.485 e. The SMILES string of the molecule is CC1(C)Oc2ccc(Br)cc2[C@H](N2CCCC2=O)[C@H]1O. The molecule has 1 fully saturated rings. The maximum absolute atomic E-state index is 12.1. The van der Waals surface area contributed by atoms with E-state index in [1.54, 1.807) is 4.90 Å². The van der Waals surface area contributed by atoms with Crippen LogP contribution < -0.4 is 4.74 Å². The van der Waals surface area contributed by atoms with Crippen LogP contribution in [0.1, 0.15) is 38.3 Å². The predicted octanol–water partition coefficient (Wildman–Crippen LogP) is 2.64. The minimum absolute atomic E-state index is 0.109. The number of carbonyl (C=O) groups excluding carboxylic acids is 1. The first-order valence-electron chi connectivity index (χ1n) is 6.86. The van der Waals surface area contributed by atoms with Crippen LogP contribution in [0.5, 0.6) is 5.75 Å². The summed E-state index contributed by atoms with van der Waals surface area (Å²) in [5.74, 6) is 0.853. The summed E-state index contributed by atoms with van der Waals surface area (Å²) in [5.41, 5.74) is 0.162. The number of likely N-dealkylation sites (tertiary alicyclic amines) is 1. The van der Waals surface area contributed by atoms with E-state index in [0.717, 1.165) is 22.2 Å². The van der Waals surface area contributed by atoms with Crippen molar-refractivity contribution in [2.45, 2.75) is 44.4 Å². The molecule has 2 heterocycles. The second-order valence-electron chi connectivity index (χ2n) is 5.97. The van der Waals surface area contributed by atoms with Crippen LogP contribution >= 0.6 is 15.9 Å². The lowest BCUT2D eigenvalue weighted by Gasteiger charge is -2.45. The summed E-state index contributed by atoms with van der Waals surface area (Å²) in [6.45, 7) is 4.41. The fourth-order valence-corrected chi connectivity index (χ4v) is 3.42. The van der Waals surface area contributed by atoms with Crippen LogP contribution in [0.3, 0.4) is 0 Å². The highest BCUT2D eigenvalue weighted by atomic mass is 79.9. The Labute approximate surface area is 126 Å². The van der Waals surface area contributed by atoms with Crippen LogP contribution in [-0.2, 0) is 4.79 Å². The molecule has 0 radical (unpaired) electrons. The van der Waals surface area contributed by atoms with E-state index in [9.17, 15) is 9.90 Å². The van der Waals surface area contributed by atoms with E-state index < -0.39 is 11.7 Å². The molecule has 4 nitrogen and oxygen atoms in total. The Hall–Kier alpha value is -1.07. The number of carbonyl (C=O) groups is 1. The summed E-state index contributed by atoms with van der Waals surface area (Å²) in [7, 11) is 0. The molecule has 20 heavy (non-hydrogen) atoms. The minimum Gasteiger partial charge on any atom is -0.485 e. The normalized spacial score (nSPS) is 28.2. The lowest BCUT2D eigenvalue weighted by Crippen LogP contribution is -2.53. The first-order chi connectivity index (χ1) is 9.40. The lowest BCUT2D eigenvalue weighted by molar-refractivity contribution is -0.139. The van der Waals surface area contributed by atoms with Gasteiger partial charge in [0.2, 0.25) is 5.91 Å². The molecular formula is C15H18BrNO3. The number of halogens is 1. The number of aliphatic hydroxyl groups excluding tert-OH is 1. The highest BCUT2D eigenvalue weighted by Gasteiger charge is 2.47. The van der Waals surface area contributed by atoms with Gasteiger partial charge in [-0.3, -0.25) is 4.79 Å². The average Bonchev–Trinajstić information content (AvgIpc) is 2.78. The third-order valence-electron chi connectivity index (χ3n) is 4.12. The van der Waals surface area contributed by atoms with Gasteiger partial charge in [0.15, 0.2) is 0 Å². The molecule has 2 aliphatic heterocycles. The molecule has 0 spiro atoms. The predicted molar refractivity (Wildman–Crippen MR) is 78.5 cm³/mol. The van der Waals surface area contributed by atoms with Gasteiger partial charge in [0, 0.05) is 23.0 Å². The van der Waals surface area contributed by atoms with Crippen molar-refractivity contribution >= 4 is 21.8 Å². The molecule has 0 aromatic heterocycles. The Balaban J connectivity index is 2.10. The highest BCUT2D eigenvalue weighted by Crippen LogP contribution is 2.44. The average molecular weight is 340 g/mol. The number of nitrogens with zero attached hydrogens (tertiary/aromatic N) is 1. The second kappa shape index (κ2) is 4.74. The zero-order valence-corrected chi connectivity index (χ0v) is 13.2. The Morgan fingerprint density at radius 3 is 2.85 bits per heavy atom. The number of aliphatic hydroxyl groups is 1. The number of amides is 1. The number of hydrogen-bond donors (Lipinski definition) is 1. The van der Waals surface area contributed by atoms with Gasteiger partial charge in [0.1, 0.15) is 17.5 Å². The van der Waals surface area contributed by atoms with Gasteiger partial charge in [-0.25, -0.2) is 0 Å². The molecular weight excluding hydrogens is 322 g/mol. The summed E-state index contributed by atoms with van der Waals surface area (Å²) in [6, 6.07) is 5.40. The zero-order chi connectivity index (χ0) is 14.5. The Bertz CT molecular complexity index is 558. The third-order valence-corrected chi connectivity index (χ3v) is 4.61. The van der Waals surface area contributed by atoms with E-state index in [0.29, 0.717) is 13.0 Å². The van der Waals surface area contributed by atoms with Crippen LogP contribution in [0, 0.1) is 0 Å². The molecule has 0 aliphatic carbocycles. The minimum atomic E-state index is -0.744. The van der Waals surface area contributed by atoms with Gasteiger partial charge in [0.05, 0.1) is 6.04 Å². The number of hydrogen-bond acceptors (Lipinski definition) is 3. The van der Waals surface area contributed by atoms with Gasteiger partial charge in [-0.05, 0) is 38.5 Å². The molecule has 5 heteroatoms. The number of rotatable bonds is 1. The highest BCUT2D eigenvalue weighted by molar-refractivity contribution is 9.10. The Morgan fingerprint density at radius 1 is 1.45 bits per heavy atom. The standard InChI is InChI=1S/C15H18BrNO3/c1-15(2)14(19)13(17-7-3-4-12(17)18)10-8-9(16)5-6-11(10)20-15/h5-6,8,13-14,19H,3-4,7H2,1-2H3/t13-,14+/m0/s1. The van der Waals surface area contributed by atoms with Crippen molar-refractivity contribution in [2.75, 3.05) is 6.54 Å². The number of benzene rings is 1. The summed E-state index contributed by atoms with van der Waals surface area (Å²) < 4.78 is 6.82. The Kier molecular flexibility index (Phi) is 3.29. The molecule has 1 N–H and O–H groups in total. The van der Waals surface area contributed by atoms with E-state index in [2.05, 4.69) is 15.9 Å². The van der Waals surface area contributed by atoms with Crippen molar-refractivity contribution in [2.24, 2.45) is 0 Å². The van der Waals surface area contributed by atoms with Crippen molar-refractivity contribution in [1.29, 1.82) is 0 Å². The summed E-state index contributed by atoms with van der Waals surface area (Å²) in [5, 5.41) is 10.7. The van der Waals surface area contributed by atoms with Crippen LogP contribution in [0.4, 0.5) is 0 Å². The van der Waals surface area contributed by atoms with Gasteiger partial charge in [-0.1, -0.05) is 15.9 Å². The lowest BCUT2D eigenvalue weighted by atomic mass is 9.85. The van der Waals surface area contributed by atoms with Gasteiger partial charge in [0.25, 0.3) is 0 Å². The molecule has 2 aliphatic rings. The second-order valence-corrected chi connectivity index (χ2v) is 6.88. The van der Waals surface area contributed by atoms with E-state index >= 15 is 0 Å². The summed E-state index contributed by atoms with van der Waals surface area (Å²) >= 11 is 3.45. The monoisotopic (exact) mass is 339 g/mol. The van der Waals surface area contributed by atoms with E-state index in [1.165, 1.54) is 0 Å². The Morgan fingerprint density at radius 2 is 2.20 bits per heavy atom. The van der Waals surface area contributed by atoms with Crippen molar-refractivity contribution in [3.05, 3.63) is 28.2 Å². The molecule has 108 valence electrons. The summed E-state index contributed by atoms with van der Waals surface area (Å²) in [6.07, 6.45) is 0.673. The van der Waals surface area contributed by atoms with Crippen LogP contribution in [0.2, 0.25) is 0 Å². The van der Waals surface area contributed by atoms with Crippen molar-refractivity contribution in [1.82, 2.24) is 4.90 Å². The van der Waals surface area contributed by atoms with Gasteiger partial charge in [-0.15, -0.1) is 0 Å². The zero-order valence-electron chi connectivity index (χ0n) is 11.6. The molecule has 1 aromatic rings. The molecule has 1 amide bonds. The molecule has 0 unspecified atom stereocenters. The molecule has 0 saturated carbocycles. The first kappa shape index (κ1) is 13.9. The third kappa shape index (κ3) is 2.13. The molecule has 1 aromatic carbocycles. The molecule has 3 rings (SSSR count). The smallest absolute Gasteiger partial charge is 0.223 e. The van der Waals surface area contributed by atoms with E-state index in [4.69, 9.17) is 4.74 Å². The molecule has 2 atom stereocenters. The number of fused-ring (bicyclic) bond motifs is 1. The van der Waals surface area contributed by atoms with Crippen molar-refractivity contribution in [3.8, 4) is 5.75 Å². The topological polar surface area (TPSA) is 49.8 Å². The van der Waals surface area contributed by atoms with E-state index in [1.807, 2.05) is 32.0 Å². The van der Waals surface area contributed by atoms with Crippen molar-refractivity contribution in [3.63, 3.8) is 0 Å². The van der Waals surface area contributed by atoms with Crippen LogP contribution in [0.25, 0.3) is 0 Å². The van der Waals surface area contributed by atoms with Gasteiger partial charge < -0.3 is 14.7 Å². The van der Waals surface area contributed by atoms with E-state index in [-0.39, 0.29) is 11.9 Å². The van der Waals surface area contributed by atoms with Gasteiger partial charge >= 0.3 is 0 Å². The maximum Gasteiger partial charge on any atom is 0.223 e. The number of ether oxygens (including phenoxy) is 1. The fourth-order valence-electron chi connectivity index (χ4n) is 3.04. The molecule has 1 saturated heterocycles. The van der Waals surface area contributed by atoms with Crippen LogP contribution in [0.15, 0.2) is 22.7 Å². The summed E-state index contributed by atoms with van der Waals surface area (Å²) in [4.78, 5) is 13.9. The van der Waals surface area contributed by atoms with Crippen LogP contribution in [-0.4, -0.2) is 34.2 Å². The maximum atomic E-state index is 12.1. The quantitative estimate of drug-likeness (QED) is 0.855. The van der Waals surface area contributed by atoms with Crippen molar-refractivity contribution < 1.29 is 14.6 Å². The molecule has 0 bridgehead atoms. The first-order valence-corrected chi connectivity index (χ1v) is 7.65. The van der Waals surface area contributed by atoms with Gasteiger partial charge in [-0.2, -0.15) is 0 Å². The fraction of sp³-hybridized carbons (Fsp3) is 0.533.